The van der Waals surface area contributed by atoms with E-state index in [2.05, 4.69) is 14.7 Å². The second-order valence-corrected chi connectivity index (χ2v) is 6.37. The molecule has 0 unspecified atom stereocenters. The Hall–Kier alpha value is -2.31. The highest BCUT2D eigenvalue weighted by Gasteiger charge is 2.27. The lowest BCUT2D eigenvalue weighted by atomic mass is 9.96. The first kappa shape index (κ1) is 16.5. The molecule has 3 heterocycles. The van der Waals surface area contributed by atoms with Crippen molar-refractivity contribution in [3.63, 3.8) is 0 Å². The molecule has 0 bridgehead atoms. The third kappa shape index (κ3) is 3.60. The minimum Gasteiger partial charge on any atom is -0.479 e. The Balaban J connectivity index is 1.57. The molecule has 0 spiro atoms. The molecule has 1 aliphatic rings. The Kier molecular flexibility index (Phi) is 4.87. The van der Waals surface area contributed by atoms with Gasteiger partial charge in [0.2, 0.25) is 5.91 Å². The van der Waals surface area contributed by atoms with Crippen molar-refractivity contribution in [2.45, 2.75) is 38.5 Å². The molecule has 0 N–H and O–H groups in total. The molecule has 130 valence electrons. The molecule has 1 fully saturated rings. The van der Waals surface area contributed by atoms with Crippen LogP contribution in [0, 0.1) is 6.92 Å². The Labute approximate surface area is 141 Å². The first-order valence-electron chi connectivity index (χ1n) is 8.34. The van der Waals surface area contributed by atoms with Crippen LogP contribution >= 0.6 is 0 Å². The summed E-state index contributed by atoms with van der Waals surface area (Å²) in [6.07, 6.45) is 5.09. The maximum absolute atomic E-state index is 12.5. The van der Waals surface area contributed by atoms with Crippen LogP contribution in [0.15, 0.2) is 16.8 Å². The van der Waals surface area contributed by atoms with Crippen molar-refractivity contribution in [3.05, 3.63) is 29.5 Å². The monoisotopic (exact) mass is 332 g/mol. The minimum absolute atomic E-state index is 0.154. The Morgan fingerprint density at radius 3 is 3.00 bits per heavy atom. The molecule has 2 aromatic rings. The van der Waals surface area contributed by atoms with Gasteiger partial charge in [0.05, 0.1) is 12.8 Å². The number of carbonyl (C=O) groups excluding carboxylic acids is 1. The number of methoxy groups -OCH3 is 1. The second-order valence-electron chi connectivity index (χ2n) is 6.37. The Morgan fingerprint density at radius 1 is 1.50 bits per heavy atom. The highest BCUT2D eigenvalue weighted by atomic mass is 16.5. The van der Waals surface area contributed by atoms with Gasteiger partial charge < -0.3 is 18.7 Å². The van der Waals surface area contributed by atoms with Crippen LogP contribution in [0.2, 0.25) is 0 Å². The van der Waals surface area contributed by atoms with E-state index in [0.29, 0.717) is 30.4 Å². The summed E-state index contributed by atoms with van der Waals surface area (Å²) < 4.78 is 12.2. The number of rotatable bonds is 5. The minimum atomic E-state index is 0.154. The number of amides is 1. The summed E-state index contributed by atoms with van der Waals surface area (Å²) in [5.74, 6) is 2.66. The van der Waals surface area contributed by atoms with Crippen LogP contribution in [0.5, 0.6) is 5.88 Å². The number of aromatic nitrogens is 3. The lowest BCUT2D eigenvalue weighted by molar-refractivity contribution is -0.132. The topological polar surface area (TPSA) is 73.4 Å². The molecule has 24 heavy (non-hydrogen) atoms. The number of aryl methyl sites for hydroxylation is 3. The van der Waals surface area contributed by atoms with Crippen LogP contribution in [-0.2, 0) is 18.3 Å². The van der Waals surface area contributed by atoms with Crippen molar-refractivity contribution >= 4 is 5.91 Å². The van der Waals surface area contributed by atoms with Crippen LogP contribution in [0.3, 0.4) is 0 Å². The smallest absolute Gasteiger partial charge is 0.254 e. The van der Waals surface area contributed by atoms with E-state index in [1.54, 1.807) is 13.2 Å². The molecule has 7 nitrogen and oxygen atoms in total. The van der Waals surface area contributed by atoms with E-state index in [1.165, 1.54) is 0 Å². The predicted molar refractivity (Wildman–Crippen MR) is 87.9 cm³/mol. The fraction of sp³-hybridized carbons (Fsp3) is 0.588. The fourth-order valence-corrected chi connectivity index (χ4v) is 3.32. The summed E-state index contributed by atoms with van der Waals surface area (Å²) in [5, 5.41) is 3.76. The highest BCUT2D eigenvalue weighted by molar-refractivity contribution is 5.76. The number of hydrogen-bond donors (Lipinski definition) is 0. The summed E-state index contributed by atoms with van der Waals surface area (Å²) in [6.45, 7) is 3.56. The third-order valence-corrected chi connectivity index (χ3v) is 4.50. The molecular weight excluding hydrogens is 308 g/mol. The molecule has 1 aliphatic heterocycles. The number of hydrogen-bond acceptors (Lipinski definition) is 5. The summed E-state index contributed by atoms with van der Waals surface area (Å²) in [7, 11) is 3.56. The molecule has 1 amide bonds. The molecule has 1 atom stereocenters. The van der Waals surface area contributed by atoms with Gasteiger partial charge in [-0.2, -0.15) is 0 Å². The Morgan fingerprint density at radius 2 is 2.33 bits per heavy atom. The number of carbonyl (C=O) groups is 1. The van der Waals surface area contributed by atoms with Gasteiger partial charge >= 0.3 is 0 Å². The van der Waals surface area contributed by atoms with Crippen LogP contribution in [0.25, 0.3) is 0 Å². The van der Waals surface area contributed by atoms with Crippen LogP contribution < -0.4 is 4.74 Å². The van der Waals surface area contributed by atoms with Gasteiger partial charge in [-0.3, -0.25) is 4.79 Å². The zero-order valence-electron chi connectivity index (χ0n) is 14.5. The van der Waals surface area contributed by atoms with Gasteiger partial charge in [0.15, 0.2) is 0 Å². The number of nitrogens with zero attached hydrogens (tertiary/aromatic N) is 4. The van der Waals surface area contributed by atoms with E-state index in [1.807, 2.05) is 25.1 Å². The van der Waals surface area contributed by atoms with Gasteiger partial charge in [-0.05, 0) is 24.9 Å². The van der Waals surface area contributed by atoms with Crippen molar-refractivity contribution < 1.29 is 14.1 Å². The van der Waals surface area contributed by atoms with Gasteiger partial charge in [0, 0.05) is 51.2 Å². The largest absolute Gasteiger partial charge is 0.479 e. The summed E-state index contributed by atoms with van der Waals surface area (Å²) in [5.41, 5.74) is 1.02. The fourth-order valence-electron chi connectivity index (χ4n) is 3.32. The average Bonchev–Trinajstić information content (AvgIpc) is 3.18. The van der Waals surface area contributed by atoms with E-state index < -0.39 is 0 Å². The molecule has 7 heteroatoms. The van der Waals surface area contributed by atoms with Crippen LogP contribution in [0.4, 0.5) is 0 Å². The lowest BCUT2D eigenvalue weighted by Gasteiger charge is -2.32. The molecule has 3 rings (SSSR count). The molecule has 1 saturated heterocycles. The molecule has 0 saturated carbocycles. The Bertz CT molecular complexity index is 707. The first-order valence-corrected chi connectivity index (χ1v) is 8.34. The lowest BCUT2D eigenvalue weighted by Crippen LogP contribution is -2.39. The van der Waals surface area contributed by atoms with E-state index >= 15 is 0 Å². The zero-order chi connectivity index (χ0) is 17.1. The highest BCUT2D eigenvalue weighted by Crippen LogP contribution is 2.26. The molecule has 0 aliphatic carbocycles. The van der Waals surface area contributed by atoms with Crippen LogP contribution in [0.1, 0.15) is 42.5 Å². The van der Waals surface area contributed by atoms with Crippen molar-refractivity contribution in [1.29, 1.82) is 0 Å². The summed E-state index contributed by atoms with van der Waals surface area (Å²) in [4.78, 5) is 19.1. The quantitative estimate of drug-likeness (QED) is 0.838. The van der Waals surface area contributed by atoms with Crippen molar-refractivity contribution in [1.82, 2.24) is 19.6 Å². The molecular formula is C17H24N4O3. The van der Waals surface area contributed by atoms with Gasteiger partial charge in [-0.1, -0.05) is 0 Å². The second kappa shape index (κ2) is 7.07. The van der Waals surface area contributed by atoms with E-state index in [0.717, 1.165) is 37.4 Å². The third-order valence-electron chi connectivity index (χ3n) is 4.50. The van der Waals surface area contributed by atoms with Gasteiger partial charge in [0.25, 0.3) is 5.88 Å². The van der Waals surface area contributed by atoms with Crippen LogP contribution in [-0.4, -0.2) is 45.7 Å². The number of likely N-dealkylation sites (tertiary alicyclic amines) is 1. The average molecular weight is 332 g/mol. The maximum Gasteiger partial charge on any atom is 0.254 e. The van der Waals surface area contributed by atoms with Crippen molar-refractivity contribution in [2.24, 2.45) is 7.05 Å². The molecule has 0 radical (unpaired) electrons. The van der Waals surface area contributed by atoms with Gasteiger partial charge in [0.1, 0.15) is 11.6 Å². The van der Waals surface area contributed by atoms with Crippen molar-refractivity contribution in [2.75, 3.05) is 20.2 Å². The standard InChI is InChI=1S/C17H24N4O3/c1-12-10-20(2)17(18-12)13-5-4-8-21(11-13)16(22)7-6-14-9-15(23-3)19-24-14/h9-10,13H,4-8,11H2,1-3H3/t13-/m0/s1. The van der Waals surface area contributed by atoms with Gasteiger partial charge in [-0.25, -0.2) is 4.98 Å². The molecule has 2 aromatic heterocycles. The summed E-state index contributed by atoms with van der Waals surface area (Å²) >= 11 is 0. The first-order chi connectivity index (χ1) is 11.6. The SMILES string of the molecule is COc1cc(CCC(=O)N2CCC[C@H](c3nc(C)cn3C)C2)on1. The van der Waals surface area contributed by atoms with Crippen molar-refractivity contribution in [3.8, 4) is 5.88 Å². The predicted octanol–water partition coefficient (Wildman–Crippen LogP) is 2.06. The van der Waals surface area contributed by atoms with E-state index in [-0.39, 0.29) is 5.91 Å². The zero-order valence-corrected chi connectivity index (χ0v) is 14.5. The number of ether oxygens (including phenoxy) is 1. The molecule has 0 aromatic carbocycles. The van der Waals surface area contributed by atoms with Gasteiger partial charge in [-0.15, -0.1) is 0 Å². The summed E-state index contributed by atoms with van der Waals surface area (Å²) in [6, 6.07) is 1.73. The van der Waals surface area contributed by atoms with E-state index in [4.69, 9.17) is 9.26 Å². The normalized spacial score (nSPS) is 18.0. The van der Waals surface area contributed by atoms with E-state index in [9.17, 15) is 4.79 Å². The maximum atomic E-state index is 12.5. The number of imidazole rings is 1. The number of piperidine rings is 1.